The highest BCUT2D eigenvalue weighted by Crippen LogP contribution is 2.40. The van der Waals surface area contributed by atoms with Crippen LogP contribution in [0.2, 0.25) is 0 Å². The molecule has 0 aromatic heterocycles. The molecule has 2 saturated heterocycles. The molecule has 3 rings (SSSR count). The highest BCUT2D eigenvalue weighted by atomic mass is 19.2. The van der Waals surface area contributed by atoms with E-state index in [1.165, 1.54) is 6.07 Å². The Morgan fingerprint density at radius 3 is 2.65 bits per heavy atom. The van der Waals surface area contributed by atoms with Crippen molar-refractivity contribution >= 4 is 5.69 Å². The van der Waals surface area contributed by atoms with E-state index in [9.17, 15) is 8.78 Å². The second kappa shape index (κ2) is 3.67. The van der Waals surface area contributed by atoms with Crippen LogP contribution >= 0.6 is 0 Å². The van der Waals surface area contributed by atoms with Crippen molar-refractivity contribution in [2.24, 2.45) is 5.41 Å². The smallest absolute Gasteiger partial charge is 0.182 e. The molecule has 2 nitrogen and oxygen atoms in total. The van der Waals surface area contributed by atoms with Crippen molar-refractivity contribution in [3.8, 4) is 0 Å². The van der Waals surface area contributed by atoms with Gasteiger partial charge in [0.1, 0.15) is 0 Å². The van der Waals surface area contributed by atoms with Gasteiger partial charge in [0.25, 0.3) is 0 Å². The molecule has 0 atom stereocenters. The zero-order valence-electron chi connectivity index (χ0n) is 9.80. The van der Waals surface area contributed by atoms with Gasteiger partial charge >= 0.3 is 0 Å². The lowest BCUT2D eigenvalue weighted by Gasteiger charge is -2.37. The van der Waals surface area contributed by atoms with Crippen molar-refractivity contribution in [3.63, 3.8) is 0 Å². The Morgan fingerprint density at radius 1 is 1.29 bits per heavy atom. The summed E-state index contributed by atoms with van der Waals surface area (Å²) in [5.41, 5.74) is 1.34. The first-order valence-electron chi connectivity index (χ1n) is 5.88. The molecule has 0 aliphatic carbocycles. The molecule has 0 unspecified atom stereocenters. The number of nitrogens with zero attached hydrogens (tertiary/aromatic N) is 1. The van der Waals surface area contributed by atoms with Crippen LogP contribution in [-0.2, 0) is 4.74 Å². The second-order valence-corrected chi connectivity index (χ2v) is 5.24. The van der Waals surface area contributed by atoms with Gasteiger partial charge in [0, 0.05) is 18.5 Å². The van der Waals surface area contributed by atoms with Gasteiger partial charge in [0.05, 0.1) is 18.9 Å². The van der Waals surface area contributed by atoms with E-state index in [2.05, 4.69) is 0 Å². The maximum Gasteiger partial charge on any atom is 0.182 e. The third-order valence-corrected chi connectivity index (χ3v) is 3.75. The zero-order chi connectivity index (χ0) is 12.0. The third-order valence-electron chi connectivity index (χ3n) is 3.75. The minimum absolute atomic E-state index is 0.187. The van der Waals surface area contributed by atoms with Gasteiger partial charge in [-0.25, -0.2) is 8.78 Å². The van der Waals surface area contributed by atoms with E-state index < -0.39 is 11.6 Å². The van der Waals surface area contributed by atoms with E-state index in [0.717, 1.165) is 38.3 Å². The summed E-state index contributed by atoms with van der Waals surface area (Å²) in [6.07, 6.45) is 1.00. The van der Waals surface area contributed by atoms with Gasteiger partial charge in [-0.3, -0.25) is 0 Å². The zero-order valence-corrected chi connectivity index (χ0v) is 9.80. The molecule has 1 aromatic rings. The van der Waals surface area contributed by atoms with Gasteiger partial charge < -0.3 is 9.64 Å². The van der Waals surface area contributed by atoms with E-state index in [1.54, 1.807) is 13.0 Å². The van der Waals surface area contributed by atoms with Crippen molar-refractivity contribution < 1.29 is 13.5 Å². The van der Waals surface area contributed by atoms with Crippen molar-refractivity contribution in [1.29, 1.82) is 0 Å². The molecule has 2 fully saturated rings. The van der Waals surface area contributed by atoms with Crippen molar-refractivity contribution in [2.45, 2.75) is 13.3 Å². The number of ether oxygens (including phenoxy) is 1. The van der Waals surface area contributed by atoms with Crippen LogP contribution in [0.25, 0.3) is 0 Å². The van der Waals surface area contributed by atoms with E-state index in [-0.39, 0.29) is 5.41 Å². The summed E-state index contributed by atoms with van der Waals surface area (Å²) < 4.78 is 32.3. The molecule has 17 heavy (non-hydrogen) atoms. The first kappa shape index (κ1) is 11.0. The molecule has 1 spiro atoms. The summed E-state index contributed by atoms with van der Waals surface area (Å²) in [5.74, 6) is -1.49. The molecule has 2 heterocycles. The third kappa shape index (κ3) is 1.71. The molecule has 0 bridgehead atoms. The SMILES string of the molecule is Cc1cc(F)c(F)c(N2CCC3(COC3)C2)c1. The first-order valence-corrected chi connectivity index (χ1v) is 5.88. The summed E-state index contributed by atoms with van der Waals surface area (Å²) >= 11 is 0. The predicted molar refractivity (Wildman–Crippen MR) is 61.2 cm³/mol. The molecule has 0 amide bonds. The van der Waals surface area contributed by atoms with Gasteiger partial charge in [-0.2, -0.15) is 0 Å². The van der Waals surface area contributed by atoms with Crippen molar-refractivity contribution in [1.82, 2.24) is 0 Å². The fourth-order valence-corrected chi connectivity index (χ4v) is 2.70. The minimum Gasteiger partial charge on any atom is -0.380 e. The van der Waals surface area contributed by atoms with Crippen LogP contribution in [0.5, 0.6) is 0 Å². The first-order chi connectivity index (χ1) is 8.10. The van der Waals surface area contributed by atoms with Crippen LogP contribution in [0.15, 0.2) is 12.1 Å². The summed E-state index contributed by atoms with van der Waals surface area (Å²) in [6.45, 7) is 4.83. The molecule has 0 radical (unpaired) electrons. The van der Waals surface area contributed by atoms with Gasteiger partial charge in [0.15, 0.2) is 11.6 Å². The van der Waals surface area contributed by atoms with Crippen LogP contribution in [-0.4, -0.2) is 26.3 Å². The Hall–Kier alpha value is -1.16. The largest absolute Gasteiger partial charge is 0.380 e. The minimum atomic E-state index is -0.759. The maximum absolute atomic E-state index is 13.8. The molecule has 92 valence electrons. The topological polar surface area (TPSA) is 12.5 Å². The molecule has 2 aliphatic heterocycles. The fraction of sp³-hybridized carbons (Fsp3) is 0.538. The second-order valence-electron chi connectivity index (χ2n) is 5.24. The lowest BCUT2D eigenvalue weighted by Crippen LogP contribution is -2.44. The standard InChI is InChI=1S/C13H15F2NO/c1-9-4-10(14)12(15)11(5-9)16-3-2-13(6-16)7-17-8-13/h4-5H,2-3,6-8H2,1H3. The quantitative estimate of drug-likeness (QED) is 0.746. The van der Waals surface area contributed by atoms with Gasteiger partial charge in [-0.1, -0.05) is 0 Å². The monoisotopic (exact) mass is 239 g/mol. The maximum atomic E-state index is 13.8. The molecule has 4 heteroatoms. The van der Waals surface area contributed by atoms with Crippen LogP contribution in [0.3, 0.4) is 0 Å². The molecular weight excluding hydrogens is 224 g/mol. The average Bonchev–Trinajstić information content (AvgIpc) is 2.68. The van der Waals surface area contributed by atoms with Gasteiger partial charge in [-0.05, 0) is 31.0 Å². The lowest BCUT2D eigenvalue weighted by molar-refractivity contribution is -0.0985. The van der Waals surface area contributed by atoms with Crippen LogP contribution < -0.4 is 4.90 Å². The summed E-state index contributed by atoms with van der Waals surface area (Å²) in [7, 11) is 0. The normalized spacial score (nSPS) is 21.9. The Morgan fingerprint density at radius 2 is 2.06 bits per heavy atom. The van der Waals surface area contributed by atoms with E-state index >= 15 is 0 Å². The molecule has 0 N–H and O–H groups in total. The Bertz CT molecular complexity index is 457. The number of benzene rings is 1. The van der Waals surface area contributed by atoms with Crippen LogP contribution in [0.1, 0.15) is 12.0 Å². The highest BCUT2D eigenvalue weighted by Gasteiger charge is 2.45. The van der Waals surface area contributed by atoms with Gasteiger partial charge in [-0.15, -0.1) is 0 Å². The number of halogens is 2. The molecular formula is C13H15F2NO. The summed E-state index contributed by atoms with van der Waals surface area (Å²) in [5, 5.41) is 0. The number of aryl methyl sites for hydroxylation is 1. The Balaban J connectivity index is 1.90. The van der Waals surface area contributed by atoms with Crippen molar-refractivity contribution in [3.05, 3.63) is 29.3 Å². The van der Waals surface area contributed by atoms with E-state index in [1.807, 2.05) is 4.90 Å². The number of anilines is 1. The highest BCUT2D eigenvalue weighted by molar-refractivity contribution is 5.51. The van der Waals surface area contributed by atoms with E-state index in [0.29, 0.717) is 5.69 Å². The predicted octanol–water partition coefficient (Wildman–Crippen LogP) is 2.50. The van der Waals surface area contributed by atoms with E-state index in [4.69, 9.17) is 4.74 Å². The summed E-state index contributed by atoms with van der Waals surface area (Å²) in [6, 6.07) is 2.95. The number of rotatable bonds is 1. The van der Waals surface area contributed by atoms with Gasteiger partial charge in [0.2, 0.25) is 0 Å². The fourth-order valence-electron chi connectivity index (χ4n) is 2.70. The average molecular weight is 239 g/mol. The molecule has 1 aromatic carbocycles. The molecule has 2 aliphatic rings. The Kier molecular flexibility index (Phi) is 2.36. The van der Waals surface area contributed by atoms with Crippen molar-refractivity contribution in [2.75, 3.05) is 31.2 Å². The molecule has 0 saturated carbocycles. The summed E-state index contributed by atoms with van der Waals surface area (Å²) in [4.78, 5) is 1.94. The lowest BCUT2D eigenvalue weighted by atomic mass is 9.85. The van der Waals surface area contributed by atoms with Crippen LogP contribution in [0.4, 0.5) is 14.5 Å². The Labute approximate surface area is 99.2 Å². The number of hydrogen-bond acceptors (Lipinski definition) is 2. The van der Waals surface area contributed by atoms with Crippen LogP contribution in [0, 0.1) is 24.0 Å². The number of hydrogen-bond donors (Lipinski definition) is 0.